The first kappa shape index (κ1) is 30.6. The lowest BCUT2D eigenvalue weighted by molar-refractivity contribution is -0.163. The van der Waals surface area contributed by atoms with Crippen LogP contribution in [0.25, 0.3) is 0 Å². The van der Waals surface area contributed by atoms with Crippen molar-refractivity contribution in [3.05, 3.63) is 48.6 Å². The molecule has 0 aromatic heterocycles. The predicted octanol–water partition coefficient (Wildman–Crippen LogP) is 4.28. The molecular formula is C23H30N2O7. The molecule has 0 radical (unpaired) electrons. The molecule has 0 aliphatic carbocycles. The highest BCUT2D eigenvalue weighted by Gasteiger charge is 2.08. The maximum Gasteiger partial charge on any atom is 0.335 e. The molecule has 9 nitrogen and oxygen atoms in total. The molecule has 1 N–H and O–H groups in total. The summed E-state index contributed by atoms with van der Waals surface area (Å²) in [5, 5.41) is 8.79. The van der Waals surface area contributed by atoms with Crippen molar-refractivity contribution in [2.24, 2.45) is 9.98 Å². The van der Waals surface area contributed by atoms with Crippen molar-refractivity contribution in [2.45, 2.75) is 53.2 Å². The van der Waals surface area contributed by atoms with Crippen LogP contribution in [0.5, 0.6) is 0 Å². The zero-order chi connectivity index (χ0) is 24.9. The molecule has 0 spiro atoms. The van der Waals surface area contributed by atoms with Gasteiger partial charge in [0.15, 0.2) is 0 Å². The highest BCUT2D eigenvalue weighted by Crippen LogP contribution is 2.23. The van der Waals surface area contributed by atoms with Gasteiger partial charge >= 0.3 is 11.9 Å². The number of aliphatic imine (C=N–C) groups is 2. The molecule has 0 aliphatic rings. The summed E-state index contributed by atoms with van der Waals surface area (Å²) >= 11 is 0. The smallest absolute Gasteiger partial charge is 0.335 e. The van der Waals surface area contributed by atoms with Crippen molar-refractivity contribution >= 4 is 35.5 Å². The maximum absolute atomic E-state index is 10.6. The van der Waals surface area contributed by atoms with Gasteiger partial charge in [0.1, 0.15) is 0 Å². The van der Waals surface area contributed by atoms with Crippen LogP contribution in [0.15, 0.2) is 53.0 Å². The number of ether oxygens (including phenoxy) is 2. The molecule has 1 atom stereocenters. The fourth-order valence-electron chi connectivity index (χ4n) is 1.57. The third-order valence-electron chi connectivity index (χ3n) is 3.38. The first-order valence-electron chi connectivity index (χ1n) is 9.76. The number of hydrogen-bond acceptors (Lipinski definition) is 9. The zero-order valence-electron chi connectivity index (χ0n) is 18.9. The van der Waals surface area contributed by atoms with Crippen LogP contribution in [-0.2, 0) is 28.7 Å². The number of aliphatic hydroxyl groups is 1. The summed E-state index contributed by atoms with van der Waals surface area (Å²) in [5.41, 5.74) is 2.02. The van der Waals surface area contributed by atoms with E-state index in [0.717, 1.165) is 18.4 Å². The van der Waals surface area contributed by atoms with Crippen LogP contribution in [0.4, 0.5) is 11.4 Å². The Labute approximate surface area is 188 Å². The number of rotatable bonds is 9. The molecule has 0 bridgehead atoms. The number of carbonyl (C=O) groups is 2. The third kappa shape index (κ3) is 16.2. The van der Waals surface area contributed by atoms with Gasteiger partial charge in [-0.3, -0.25) is 0 Å². The van der Waals surface area contributed by atoms with E-state index in [9.17, 15) is 19.2 Å². The first-order chi connectivity index (χ1) is 15.2. The topological polar surface area (TPSA) is 132 Å². The van der Waals surface area contributed by atoms with E-state index in [1.165, 1.54) is 31.2 Å². The number of nitrogens with zero attached hydrogens (tertiary/aromatic N) is 2. The Hall–Kier alpha value is -3.64. The van der Waals surface area contributed by atoms with Crippen molar-refractivity contribution in [3.63, 3.8) is 0 Å². The molecule has 0 heterocycles. The second-order valence-corrected chi connectivity index (χ2v) is 6.15. The van der Waals surface area contributed by atoms with Crippen molar-refractivity contribution in [2.75, 3.05) is 6.61 Å². The monoisotopic (exact) mass is 446 g/mol. The summed E-state index contributed by atoms with van der Waals surface area (Å²) in [5.74, 6) is -0.877. The van der Waals surface area contributed by atoms with Crippen LogP contribution in [0.2, 0.25) is 0 Å². The number of esters is 2. The van der Waals surface area contributed by atoms with Crippen molar-refractivity contribution in [1.29, 1.82) is 0 Å². The second kappa shape index (κ2) is 19.3. The van der Waals surface area contributed by atoms with E-state index in [4.69, 9.17) is 5.11 Å². The van der Waals surface area contributed by atoms with E-state index in [2.05, 4.69) is 32.6 Å². The van der Waals surface area contributed by atoms with Crippen LogP contribution < -0.4 is 0 Å². The zero-order valence-corrected chi connectivity index (χ0v) is 18.9. The fraction of sp³-hybridized carbons (Fsp3) is 0.391. The van der Waals surface area contributed by atoms with Crippen LogP contribution in [-0.4, -0.2) is 42.1 Å². The van der Waals surface area contributed by atoms with E-state index >= 15 is 0 Å². The lowest BCUT2D eigenvalue weighted by Gasteiger charge is -2.08. The summed E-state index contributed by atoms with van der Waals surface area (Å²) in [4.78, 5) is 47.8. The Morgan fingerprint density at radius 3 is 2.31 bits per heavy atom. The second-order valence-electron chi connectivity index (χ2n) is 6.15. The third-order valence-corrected chi connectivity index (χ3v) is 3.38. The Bertz CT molecular complexity index is 852. The number of unbranched alkanes of at least 4 members (excludes halogenated alkanes) is 1. The molecule has 1 rings (SSSR count). The Balaban J connectivity index is 0. The average molecular weight is 447 g/mol. The molecule has 9 heteroatoms. The van der Waals surface area contributed by atoms with Crippen LogP contribution in [0.1, 0.15) is 45.6 Å². The molecule has 0 fully saturated rings. The molecule has 0 saturated carbocycles. The van der Waals surface area contributed by atoms with E-state index in [-0.39, 0.29) is 5.97 Å². The van der Waals surface area contributed by atoms with Gasteiger partial charge in [0.2, 0.25) is 18.4 Å². The van der Waals surface area contributed by atoms with Gasteiger partial charge in [-0.2, -0.15) is 9.98 Å². The van der Waals surface area contributed by atoms with E-state index < -0.39 is 12.3 Å². The lowest BCUT2D eigenvalue weighted by atomic mass is 10.2. The number of carbonyl (C=O) groups excluding carboxylic acids is 4. The average Bonchev–Trinajstić information content (AvgIpc) is 2.77. The minimum Gasteiger partial charge on any atom is -0.463 e. The van der Waals surface area contributed by atoms with E-state index in [1.807, 2.05) is 6.92 Å². The minimum atomic E-state index is -0.996. The Kier molecular flexibility index (Phi) is 18.5. The highest BCUT2D eigenvalue weighted by molar-refractivity contribution is 5.87. The number of aryl methyl sites for hydroxylation is 1. The number of hydrogen-bond donors (Lipinski definition) is 1. The molecule has 0 saturated heterocycles. The molecule has 1 unspecified atom stereocenters. The van der Waals surface area contributed by atoms with Crippen molar-refractivity contribution in [3.8, 4) is 0 Å². The minimum absolute atomic E-state index is 0.299. The van der Waals surface area contributed by atoms with Crippen LogP contribution >= 0.6 is 0 Å². The van der Waals surface area contributed by atoms with Gasteiger partial charge < -0.3 is 14.6 Å². The lowest BCUT2D eigenvalue weighted by Crippen LogP contribution is -2.16. The molecule has 1 aromatic carbocycles. The quantitative estimate of drug-likeness (QED) is 0.149. The van der Waals surface area contributed by atoms with Crippen LogP contribution in [0, 0.1) is 6.92 Å². The molecule has 32 heavy (non-hydrogen) atoms. The van der Waals surface area contributed by atoms with Gasteiger partial charge in [-0.1, -0.05) is 39.5 Å². The highest BCUT2D eigenvalue weighted by atomic mass is 16.6. The van der Waals surface area contributed by atoms with Gasteiger partial charge in [-0.25, -0.2) is 19.2 Å². The van der Waals surface area contributed by atoms with Gasteiger partial charge in [0.05, 0.1) is 18.0 Å². The maximum atomic E-state index is 10.6. The summed E-state index contributed by atoms with van der Waals surface area (Å²) in [6.45, 7) is 14.2. The summed E-state index contributed by atoms with van der Waals surface area (Å²) in [6.07, 6.45) is 5.39. The largest absolute Gasteiger partial charge is 0.463 e. The number of aliphatic hydroxyl groups excluding tert-OH is 1. The van der Waals surface area contributed by atoms with Crippen molar-refractivity contribution < 1.29 is 33.8 Å². The Morgan fingerprint density at radius 1 is 1.22 bits per heavy atom. The van der Waals surface area contributed by atoms with E-state index in [1.54, 1.807) is 26.0 Å². The number of isocyanates is 2. The normalized spacial score (nSPS) is 9.66. The summed E-state index contributed by atoms with van der Waals surface area (Å²) < 4.78 is 9.15. The van der Waals surface area contributed by atoms with Gasteiger partial charge in [-0.15, -0.1) is 0 Å². The van der Waals surface area contributed by atoms with Gasteiger partial charge in [0.25, 0.3) is 0 Å². The Morgan fingerprint density at radius 2 is 1.84 bits per heavy atom. The van der Waals surface area contributed by atoms with Gasteiger partial charge in [0, 0.05) is 18.1 Å². The molecule has 0 amide bonds. The first-order valence-corrected chi connectivity index (χ1v) is 9.76. The molecular weight excluding hydrogens is 416 g/mol. The predicted molar refractivity (Wildman–Crippen MR) is 120 cm³/mol. The molecule has 1 aromatic rings. The molecule has 174 valence electrons. The summed E-state index contributed by atoms with van der Waals surface area (Å²) in [6, 6.07) is 4.88. The fourth-order valence-corrected chi connectivity index (χ4v) is 1.57. The van der Waals surface area contributed by atoms with Crippen LogP contribution in [0.3, 0.4) is 0 Å². The molecule has 0 aliphatic heterocycles. The van der Waals surface area contributed by atoms with Crippen molar-refractivity contribution in [1.82, 2.24) is 0 Å². The SMILES string of the molecule is C=C(C)C(=O)OC(O)CC.C=CC(=O)OCCCC.Cc1ccc(N=C=O)cc1N=C=O. The summed E-state index contributed by atoms with van der Waals surface area (Å²) in [7, 11) is 0. The van der Waals surface area contributed by atoms with Gasteiger partial charge in [-0.05, 0) is 38.0 Å². The number of benzene rings is 1. The van der Waals surface area contributed by atoms with E-state index in [0.29, 0.717) is 30.0 Å². The standard InChI is InChI=1S/C9H6N2O2.C7H12O3.C7H12O2/c1-7-2-3-8(10-5-12)4-9(7)11-6-13;1-4-6(8)10-7(9)5(2)3;1-3-5-6-9-7(8)4-2/h2-4H,1H3;6,8H,2,4H2,1,3H3;4H,2-3,5-6H2,1H3.